The Kier molecular flexibility index (Phi) is 3.68. The third-order valence-corrected chi connectivity index (χ3v) is 3.00. The summed E-state index contributed by atoms with van der Waals surface area (Å²) in [5, 5.41) is 18.7. The van der Waals surface area contributed by atoms with Gasteiger partial charge in [-0.25, -0.2) is 4.68 Å². The zero-order valence-electron chi connectivity index (χ0n) is 9.28. The Morgan fingerprint density at radius 2 is 2.28 bits per heavy atom. The minimum absolute atomic E-state index is 0.0108. The number of halogens is 1. The van der Waals surface area contributed by atoms with Gasteiger partial charge in [0.25, 0.3) is 5.69 Å². The molecule has 1 heterocycles. The molecule has 0 unspecified atom stereocenters. The standard InChI is InChI=1S/C10H10BrN5O2/c11-9-2-1-8(5-10(9)16(17)18)15-6-7(3-4-12)13-14-15/h1-2,5-6H,3-4,12H2. The van der Waals surface area contributed by atoms with Crippen molar-refractivity contribution in [1.82, 2.24) is 15.0 Å². The largest absolute Gasteiger partial charge is 0.330 e. The highest BCUT2D eigenvalue weighted by Crippen LogP contribution is 2.26. The van der Waals surface area contributed by atoms with E-state index in [-0.39, 0.29) is 5.69 Å². The first-order chi connectivity index (χ1) is 8.61. The van der Waals surface area contributed by atoms with Gasteiger partial charge in [0.2, 0.25) is 0 Å². The van der Waals surface area contributed by atoms with Gasteiger partial charge in [-0.3, -0.25) is 10.1 Å². The zero-order valence-corrected chi connectivity index (χ0v) is 10.9. The number of hydrogen-bond acceptors (Lipinski definition) is 5. The number of nitrogens with zero attached hydrogens (tertiary/aromatic N) is 4. The van der Waals surface area contributed by atoms with E-state index in [1.807, 2.05) is 0 Å². The molecule has 18 heavy (non-hydrogen) atoms. The Balaban J connectivity index is 2.38. The number of aromatic nitrogens is 3. The summed E-state index contributed by atoms with van der Waals surface area (Å²) >= 11 is 3.13. The Morgan fingerprint density at radius 1 is 1.50 bits per heavy atom. The third-order valence-electron chi connectivity index (χ3n) is 2.33. The van der Waals surface area contributed by atoms with Crippen molar-refractivity contribution in [2.75, 3.05) is 6.54 Å². The van der Waals surface area contributed by atoms with Crippen LogP contribution in [0, 0.1) is 10.1 Å². The number of nitro groups is 1. The van der Waals surface area contributed by atoms with Gasteiger partial charge < -0.3 is 5.73 Å². The zero-order chi connectivity index (χ0) is 13.1. The van der Waals surface area contributed by atoms with Gasteiger partial charge >= 0.3 is 0 Å². The number of nitro benzene ring substituents is 1. The molecule has 0 aliphatic carbocycles. The fraction of sp³-hybridized carbons (Fsp3) is 0.200. The van der Waals surface area contributed by atoms with Crippen LogP contribution in [0.3, 0.4) is 0 Å². The van der Waals surface area contributed by atoms with E-state index >= 15 is 0 Å². The van der Waals surface area contributed by atoms with E-state index in [0.717, 1.165) is 5.69 Å². The maximum Gasteiger partial charge on any atom is 0.285 e. The molecule has 2 N–H and O–H groups in total. The lowest BCUT2D eigenvalue weighted by molar-refractivity contribution is -0.385. The van der Waals surface area contributed by atoms with Crippen molar-refractivity contribution in [3.05, 3.63) is 44.7 Å². The van der Waals surface area contributed by atoms with E-state index in [9.17, 15) is 10.1 Å². The summed E-state index contributed by atoms with van der Waals surface area (Å²) in [7, 11) is 0. The molecule has 0 saturated heterocycles. The first-order valence-corrected chi connectivity index (χ1v) is 5.96. The van der Waals surface area contributed by atoms with E-state index in [1.54, 1.807) is 18.3 Å². The van der Waals surface area contributed by atoms with Crippen molar-refractivity contribution in [2.45, 2.75) is 6.42 Å². The Hall–Kier alpha value is -1.80. The molecule has 0 aliphatic rings. The van der Waals surface area contributed by atoms with Crippen molar-refractivity contribution < 1.29 is 4.92 Å². The highest BCUT2D eigenvalue weighted by atomic mass is 79.9. The quantitative estimate of drug-likeness (QED) is 0.680. The molecular weight excluding hydrogens is 302 g/mol. The average molecular weight is 312 g/mol. The van der Waals surface area contributed by atoms with Crippen molar-refractivity contribution >= 4 is 21.6 Å². The molecule has 2 rings (SSSR count). The topological polar surface area (TPSA) is 99.9 Å². The molecule has 0 amide bonds. The first kappa shape index (κ1) is 12.7. The lowest BCUT2D eigenvalue weighted by atomic mass is 10.3. The van der Waals surface area contributed by atoms with E-state index < -0.39 is 4.92 Å². The van der Waals surface area contributed by atoms with Gasteiger partial charge in [0.15, 0.2) is 0 Å². The molecule has 0 fully saturated rings. The second kappa shape index (κ2) is 5.23. The predicted octanol–water partition coefficient (Wildman–Crippen LogP) is 1.44. The van der Waals surface area contributed by atoms with Gasteiger partial charge in [-0.15, -0.1) is 5.10 Å². The molecule has 0 spiro atoms. The van der Waals surface area contributed by atoms with Gasteiger partial charge in [0.1, 0.15) is 0 Å². The second-order valence-corrected chi connectivity index (χ2v) is 4.44. The minimum Gasteiger partial charge on any atom is -0.330 e. The van der Waals surface area contributed by atoms with E-state index in [0.29, 0.717) is 23.1 Å². The summed E-state index contributed by atoms with van der Waals surface area (Å²) in [6.07, 6.45) is 2.33. The highest BCUT2D eigenvalue weighted by Gasteiger charge is 2.13. The van der Waals surface area contributed by atoms with Crippen LogP contribution >= 0.6 is 15.9 Å². The molecule has 2 aromatic rings. The molecule has 1 aromatic heterocycles. The number of rotatable bonds is 4. The monoisotopic (exact) mass is 311 g/mol. The van der Waals surface area contributed by atoms with E-state index in [4.69, 9.17) is 5.73 Å². The summed E-state index contributed by atoms with van der Waals surface area (Å²) in [4.78, 5) is 10.4. The van der Waals surface area contributed by atoms with Crippen molar-refractivity contribution in [1.29, 1.82) is 0 Å². The number of nitrogens with two attached hydrogens (primary N) is 1. The number of benzene rings is 1. The molecule has 7 nitrogen and oxygen atoms in total. The Morgan fingerprint density at radius 3 is 2.94 bits per heavy atom. The summed E-state index contributed by atoms with van der Waals surface area (Å²) in [5.41, 5.74) is 6.75. The van der Waals surface area contributed by atoms with Gasteiger partial charge in [0.05, 0.1) is 27.0 Å². The second-order valence-electron chi connectivity index (χ2n) is 3.59. The summed E-state index contributed by atoms with van der Waals surface area (Å²) < 4.78 is 1.92. The van der Waals surface area contributed by atoms with Crippen molar-refractivity contribution in [3.63, 3.8) is 0 Å². The molecule has 1 aromatic carbocycles. The number of hydrogen-bond donors (Lipinski definition) is 1. The van der Waals surface area contributed by atoms with Crippen molar-refractivity contribution in [2.24, 2.45) is 5.73 Å². The van der Waals surface area contributed by atoms with Gasteiger partial charge in [-0.05, 0) is 34.6 Å². The molecule has 0 saturated carbocycles. The first-order valence-electron chi connectivity index (χ1n) is 5.17. The molecule has 0 aliphatic heterocycles. The summed E-state index contributed by atoms with van der Waals surface area (Å²) in [6, 6.07) is 4.76. The van der Waals surface area contributed by atoms with E-state index in [2.05, 4.69) is 26.2 Å². The Labute approximate surface area is 111 Å². The van der Waals surface area contributed by atoms with Crippen LogP contribution in [0.1, 0.15) is 5.69 Å². The molecule has 8 heteroatoms. The predicted molar refractivity (Wildman–Crippen MR) is 68.5 cm³/mol. The van der Waals surface area contributed by atoms with Crippen LogP contribution in [-0.4, -0.2) is 26.5 Å². The van der Waals surface area contributed by atoms with Crippen LogP contribution in [0.5, 0.6) is 0 Å². The third kappa shape index (κ3) is 2.54. The molecule has 94 valence electrons. The van der Waals surface area contributed by atoms with Gasteiger partial charge in [-0.2, -0.15) is 0 Å². The van der Waals surface area contributed by atoms with Crippen LogP contribution in [0.4, 0.5) is 5.69 Å². The maximum atomic E-state index is 10.8. The highest BCUT2D eigenvalue weighted by molar-refractivity contribution is 9.10. The smallest absolute Gasteiger partial charge is 0.285 e. The molecule has 0 bridgehead atoms. The van der Waals surface area contributed by atoms with E-state index in [1.165, 1.54) is 10.7 Å². The lowest BCUT2D eigenvalue weighted by Crippen LogP contribution is -2.02. The normalized spacial score (nSPS) is 10.6. The summed E-state index contributed by atoms with van der Waals surface area (Å²) in [5.74, 6) is 0. The fourth-order valence-corrected chi connectivity index (χ4v) is 1.86. The average Bonchev–Trinajstić information content (AvgIpc) is 2.78. The molecule has 0 atom stereocenters. The fourth-order valence-electron chi connectivity index (χ4n) is 1.47. The summed E-state index contributed by atoms with van der Waals surface area (Å²) in [6.45, 7) is 0.485. The minimum atomic E-state index is -0.453. The maximum absolute atomic E-state index is 10.8. The molecular formula is C10H10BrN5O2. The van der Waals surface area contributed by atoms with Gasteiger partial charge in [0, 0.05) is 12.5 Å². The van der Waals surface area contributed by atoms with Crippen molar-refractivity contribution in [3.8, 4) is 5.69 Å². The van der Waals surface area contributed by atoms with Gasteiger partial charge in [-0.1, -0.05) is 5.21 Å². The Bertz CT molecular complexity index is 583. The lowest BCUT2D eigenvalue weighted by Gasteiger charge is -2.01. The SMILES string of the molecule is NCCc1cn(-c2ccc(Br)c([N+](=O)[O-])c2)nn1. The van der Waals surface area contributed by atoms with Crippen LogP contribution in [-0.2, 0) is 6.42 Å². The van der Waals surface area contributed by atoms with Crippen LogP contribution in [0.25, 0.3) is 5.69 Å². The molecule has 0 radical (unpaired) electrons. The van der Waals surface area contributed by atoms with Crippen LogP contribution in [0.15, 0.2) is 28.9 Å². The van der Waals surface area contributed by atoms with Crippen LogP contribution in [0.2, 0.25) is 0 Å². The van der Waals surface area contributed by atoms with Crippen LogP contribution < -0.4 is 5.73 Å².